The molecule has 4 rings (SSSR count). The van der Waals surface area contributed by atoms with Gasteiger partial charge in [-0.05, 0) is 41.8 Å². The minimum absolute atomic E-state index is 0.110. The van der Waals surface area contributed by atoms with Crippen molar-refractivity contribution in [1.82, 2.24) is 5.32 Å². The molecule has 1 aliphatic heterocycles. The molecule has 0 unspecified atom stereocenters. The molecule has 3 aromatic carbocycles. The minimum Gasteiger partial charge on any atom is -0.493 e. The number of ether oxygens (including phenoxy) is 2. The molecule has 3 aromatic rings. The molecule has 1 aliphatic rings. The first kappa shape index (κ1) is 21.2. The van der Waals surface area contributed by atoms with E-state index in [2.05, 4.69) is 10.6 Å². The highest BCUT2D eigenvalue weighted by Gasteiger charge is 2.23. The van der Waals surface area contributed by atoms with Crippen LogP contribution >= 0.6 is 0 Å². The van der Waals surface area contributed by atoms with Gasteiger partial charge in [0.15, 0.2) is 18.1 Å². The van der Waals surface area contributed by atoms with Crippen LogP contribution in [0.5, 0.6) is 11.5 Å². The molecule has 6 heteroatoms. The number of para-hydroxylation sites is 1. The van der Waals surface area contributed by atoms with E-state index in [0.717, 1.165) is 23.2 Å². The molecule has 0 bridgehead atoms. The predicted molar refractivity (Wildman–Crippen MR) is 125 cm³/mol. The molecule has 0 aromatic heterocycles. The van der Waals surface area contributed by atoms with Crippen molar-refractivity contribution in [2.75, 3.05) is 25.6 Å². The summed E-state index contributed by atoms with van der Waals surface area (Å²) in [5.74, 6) is 0.610. The number of hydrogen-bond acceptors (Lipinski definition) is 4. The third kappa shape index (κ3) is 4.98. The number of methoxy groups -OCH3 is 1. The van der Waals surface area contributed by atoms with Gasteiger partial charge in [0.05, 0.1) is 7.11 Å². The van der Waals surface area contributed by atoms with Gasteiger partial charge in [-0.15, -0.1) is 0 Å². The summed E-state index contributed by atoms with van der Waals surface area (Å²) >= 11 is 0. The Morgan fingerprint density at radius 1 is 1.00 bits per heavy atom. The minimum atomic E-state index is -0.201. The first-order valence-corrected chi connectivity index (χ1v) is 10.4. The molecule has 2 N–H and O–H groups in total. The van der Waals surface area contributed by atoms with Crippen LogP contribution in [0.25, 0.3) is 11.6 Å². The van der Waals surface area contributed by atoms with Gasteiger partial charge in [0.25, 0.3) is 11.8 Å². The second-order valence-electron chi connectivity index (χ2n) is 7.34. The van der Waals surface area contributed by atoms with Crippen molar-refractivity contribution < 1.29 is 19.1 Å². The van der Waals surface area contributed by atoms with Crippen LogP contribution < -0.4 is 20.1 Å². The van der Waals surface area contributed by atoms with Crippen molar-refractivity contribution in [1.29, 1.82) is 0 Å². The Bertz CT molecular complexity index is 1160. The number of benzene rings is 3. The van der Waals surface area contributed by atoms with Crippen LogP contribution in [0.3, 0.4) is 0 Å². The van der Waals surface area contributed by atoms with E-state index < -0.39 is 0 Å². The van der Waals surface area contributed by atoms with E-state index >= 15 is 0 Å². The van der Waals surface area contributed by atoms with Crippen LogP contribution in [0, 0.1) is 0 Å². The van der Waals surface area contributed by atoms with Crippen LogP contribution in [-0.4, -0.2) is 32.1 Å². The molecule has 0 aliphatic carbocycles. The van der Waals surface area contributed by atoms with E-state index in [4.69, 9.17) is 9.47 Å². The van der Waals surface area contributed by atoms with E-state index in [1.165, 1.54) is 12.7 Å². The normalized spacial score (nSPS) is 13.4. The zero-order chi connectivity index (χ0) is 22.3. The molecule has 162 valence electrons. The summed E-state index contributed by atoms with van der Waals surface area (Å²) in [6, 6.07) is 22.9. The Balaban J connectivity index is 1.37. The molecule has 0 saturated carbocycles. The van der Waals surface area contributed by atoms with E-state index in [-0.39, 0.29) is 18.4 Å². The molecule has 0 spiro atoms. The van der Waals surface area contributed by atoms with Crippen molar-refractivity contribution in [3.05, 3.63) is 89.5 Å². The maximum Gasteiger partial charge on any atom is 0.257 e. The van der Waals surface area contributed by atoms with E-state index in [0.29, 0.717) is 23.6 Å². The lowest BCUT2D eigenvalue weighted by Crippen LogP contribution is -2.30. The van der Waals surface area contributed by atoms with E-state index in [9.17, 15) is 9.59 Å². The number of carbonyl (C=O) groups is 2. The van der Waals surface area contributed by atoms with Gasteiger partial charge < -0.3 is 20.1 Å². The topological polar surface area (TPSA) is 76.7 Å². The van der Waals surface area contributed by atoms with Gasteiger partial charge in [0.1, 0.15) is 0 Å². The lowest BCUT2D eigenvalue weighted by Gasteiger charge is -2.12. The third-order valence-corrected chi connectivity index (χ3v) is 5.15. The zero-order valence-electron chi connectivity index (χ0n) is 17.8. The highest BCUT2D eigenvalue weighted by Crippen LogP contribution is 2.34. The van der Waals surface area contributed by atoms with Gasteiger partial charge in [0.2, 0.25) is 0 Å². The monoisotopic (exact) mass is 428 g/mol. The molecule has 1 heterocycles. The summed E-state index contributed by atoms with van der Waals surface area (Å²) in [5, 5.41) is 5.71. The number of hydrogen-bond donors (Lipinski definition) is 2. The Morgan fingerprint density at radius 2 is 1.78 bits per heavy atom. The lowest BCUT2D eigenvalue weighted by molar-refractivity contribution is -0.123. The fourth-order valence-electron chi connectivity index (χ4n) is 3.53. The predicted octanol–water partition coefficient (Wildman–Crippen LogP) is 3.93. The van der Waals surface area contributed by atoms with Crippen LogP contribution in [0.15, 0.2) is 72.8 Å². The second-order valence-corrected chi connectivity index (χ2v) is 7.34. The zero-order valence-corrected chi connectivity index (χ0v) is 17.8. The fourth-order valence-corrected chi connectivity index (χ4v) is 3.53. The first-order valence-electron chi connectivity index (χ1n) is 10.4. The molecular weight excluding hydrogens is 404 g/mol. The van der Waals surface area contributed by atoms with Gasteiger partial charge in [0, 0.05) is 23.4 Å². The van der Waals surface area contributed by atoms with Gasteiger partial charge in [-0.2, -0.15) is 0 Å². The van der Waals surface area contributed by atoms with Gasteiger partial charge in [-0.3, -0.25) is 9.59 Å². The number of nitrogens with one attached hydrogen (secondary N) is 2. The summed E-state index contributed by atoms with van der Waals surface area (Å²) in [6.07, 6.45) is 2.57. The summed E-state index contributed by atoms with van der Waals surface area (Å²) in [5.41, 5.74) is 4.22. The van der Waals surface area contributed by atoms with Crippen LogP contribution in [0.2, 0.25) is 0 Å². The molecule has 0 atom stereocenters. The maximum atomic E-state index is 12.3. The average Bonchev–Trinajstić information content (AvgIpc) is 3.13. The van der Waals surface area contributed by atoms with Crippen molar-refractivity contribution in [2.24, 2.45) is 0 Å². The number of fused-ring (bicyclic) bond motifs is 1. The first-order chi connectivity index (χ1) is 15.6. The molecule has 0 fully saturated rings. The molecule has 6 nitrogen and oxygen atoms in total. The molecular formula is C26H24N2O4. The summed E-state index contributed by atoms with van der Waals surface area (Å²) < 4.78 is 11.1. The van der Waals surface area contributed by atoms with Gasteiger partial charge >= 0.3 is 0 Å². The Labute approximate surface area is 186 Å². The van der Waals surface area contributed by atoms with Crippen molar-refractivity contribution in [3.8, 4) is 11.5 Å². The number of carbonyl (C=O) groups excluding carboxylic acids is 2. The third-order valence-electron chi connectivity index (χ3n) is 5.15. The molecule has 32 heavy (non-hydrogen) atoms. The van der Waals surface area contributed by atoms with Gasteiger partial charge in [-0.25, -0.2) is 0 Å². The Morgan fingerprint density at radius 3 is 2.59 bits per heavy atom. The number of rotatable bonds is 8. The second kappa shape index (κ2) is 9.83. The maximum absolute atomic E-state index is 12.3. The number of amides is 2. The highest BCUT2D eigenvalue weighted by molar-refractivity contribution is 6.34. The Hall–Kier alpha value is -4.06. The SMILES string of the molecule is COc1cc(/C=C2/C(=O)Nc3ccccc32)ccc1OCC(=O)NCCc1ccccc1. The summed E-state index contributed by atoms with van der Waals surface area (Å²) in [4.78, 5) is 24.5. The highest BCUT2D eigenvalue weighted by atomic mass is 16.5. The smallest absolute Gasteiger partial charge is 0.257 e. The van der Waals surface area contributed by atoms with E-state index in [1.807, 2.05) is 66.7 Å². The van der Waals surface area contributed by atoms with Crippen LogP contribution in [-0.2, 0) is 16.0 Å². The van der Waals surface area contributed by atoms with Gasteiger partial charge in [-0.1, -0.05) is 54.6 Å². The van der Waals surface area contributed by atoms with Crippen molar-refractivity contribution >= 4 is 29.2 Å². The summed E-state index contributed by atoms with van der Waals surface area (Å²) in [6.45, 7) is 0.431. The van der Waals surface area contributed by atoms with Crippen LogP contribution in [0.1, 0.15) is 16.7 Å². The van der Waals surface area contributed by atoms with Crippen molar-refractivity contribution in [2.45, 2.75) is 6.42 Å². The molecule has 2 amide bonds. The standard InChI is InChI=1S/C26H24N2O4/c1-31-24-16-19(15-21-20-9-5-6-10-22(20)28-26(21)30)11-12-23(24)32-17-25(29)27-14-13-18-7-3-2-4-8-18/h2-12,15-16H,13-14,17H2,1H3,(H,27,29)(H,28,30)/b21-15+. The molecule has 0 saturated heterocycles. The lowest BCUT2D eigenvalue weighted by atomic mass is 10.0. The molecule has 0 radical (unpaired) electrons. The quantitative estimate of drug-likeness (QED) is 0.533. The van der Waals surface area contributed by atoms with Crippen LogP contribution in [0.4, 0.5) is 5.69 Å². The van der Waals surface area contributed by atoms with E-state index in [1.54, 1.807) is 12.1 Å². The average molecular weight is 428 g/mol. The summed E-state index contributed by atoms with van der Waals surface area (Å²) in [7, 11) is 1.54. The largest absolute Gasteiger partial charge is 0.493 e. The van der Waals surface area contributed by atoms with Crippen molar-refractivity contribution in [3.63, 3.8) is 0 Å². The fraction of sp³-hybridized carbons (Fsp3) is 0.154. The number of anilines is 1. The Kier molecular flexibility index (Phi) is 6.51.